The number of carboxylic acids is 1. The van der Waals surface area contributed by atoms with E-state index in [0.717, 1.165) is 12.0 Å². The van der Waals surface area contributed by atoms with Crippen molar-refractivity contribution in [2.75, 3.05) is 32.7 Å². The Bertz CT molecular complexity index is 2490. The fraction of sp³-hybridized carbons (Fsp3) is 0.491. The number of hydrogen-bond donors (Lipinski definition) is 9. The molecule has 0 spiro atoms. The van der Waals surface area contributed by atoms with Gasteiger partial charge in [-0.05, 0) is 99.6 Å². The van der Waals surface area contributed by atoms with Crippen molar-refractivity contribution in [1.29, 1.82) is 0 Å². The van der Waals surface area contributed by atoms with E-state index in [2.05, 4.69) is 31.6 Å². The predicted octanol–water partition coefficient (Wildman–Crippen LogP) is 0.223. The number of aromatic hydroxyl groups is 1. The van der Waals surface area contributed by atoms with E-state index in [4.69, 9.17) is 11.5 Å². The molecule has 4 aliphatic heterocycles. The van der Waals surface area contributed by atoms with Gasteiger partial charge in [0.2, 0.25) is 41.4 Å². The van der Waals surface area contributed by atoms with Crippen LogP contribution in [0.5, 0.6) is 5.75 Å². The van der Waals surface area contributed by atoms with Crippen molar-refractivity contribution in [2.24, 2.45) is 16.5 Å². The molecule has 7 amide bonds. The molecule has 21 heteroatoms. The summed E-state index contributed by atoms with van der Waals surface area (Å²) in [6, 6.07) is 16.2. The highest BCUT2D eigenvalue weighted by Gasteiger charge is 2.45. The molecular weight excluding hydrogens is 951 g/mol. The van der Waals surface area contributed by atoms with Crippen molar-refractivity contribution < 1.29 is 48.6 Å². The molecule has 21 nitrogen and oxygen atoms in total. The van der Waals surface area contributed by atoms with Gasteiger partial charge in [0, 0.05) is 45.4 Å². The Balaban J connectivity index is 1.08. The highest BCUT2D eigenvalue weighted by Crippen LogP contribution is 2.27. The van der Waals surface area contributed by atoms with Gasteiger partial charge in [0.15, 0.2) is 5.96 Å². The zero-order chi connectivity index (χ0) is 52.7. The first kappa shape index (κ1) is 54.2. The van der Waals surface area contributed by atoms with Crippen LogP contribution >= 0.6 is 0 Å². The number of benzene rings is 3. The summed E-state index contributed by atoms with van der Waals surface area (Å²) in [6.07, 6.45) is 4.13. The van der Waals surface area contributed by atoms with Gasteiger partial charge in [-0.15, -0.1) is 0 Å². The van der Waals surface area contributed by atoms with Gasteiger partial charge in [-0.3, -0.25) is 38.6 Å². The lowest BCUT2D eigenvalue weighted by Gasteiger charge is -2.34. The number of guanidine groups is 1. The number of aliphatic carboxylic acids is 1. The van der Waals surface area contributed by atoms with Gasteiger partial charge >= 0.3 is 5.97 Å². The molecule has 0 aromatic heterocycles. The lowest BCUT2D eigenvalue weighted by molar-refractivity contribution is -0.149. The van der Waals surface area contributed by atoms with Crippen molar-refractivity contribution >= 4 is 53.3 Å². The molecule has 4 fully saturated rings. The molecule has 4 heterocycles. The summed E-state index contributed by atoms with van der Waals surface area (Å²) in [6.45, 7) is 1.40. The SMILES string of the molecule is NC(N)=NCCCC(NC(=O)C(Cc1ccccc1)NC(=O)C1CCCN1C(=O)C1CCCN1C(=O)C(Cc1ccc(O)cc1)NC(=O)C(Cc1ccccc1)NC(=O)C1CCCN1)C(=O)N1CCCC1C(=O)O. The van der Waals surface area contributed by atoms with Gasteiger partial charge in [0.05, 0.1) is 6.04 Å². The molecule has 74 heavy (non-hydrogen) atoms. The number of aliphatic imine (C=N–C) groups is 1. The number of carbonyl (C=O) groups is 8. The van der Waals surface area contributed by atoms with Crippen molar-refractivity contribution in [3.63, 3.8) is 0 Å². The molecule has 4 aliphatic rings. The Morgan fingerprint density at radius 3 is 1.65 bits per heavy atom. The average Bonchev–Trinajstić information content (AvgIpc) is 4.26. The molecule has 7 rings (SSSR count). The molecule has 396 valence electrons. The average molecular weight is 1020 g/mol. The van der Waals surface area contributed by atoms with Crippen LogP contribution in [0.25, 0.3) is 0 Å². The smallest absolute Gasteiger partial charge is 0.326 e. The van der Waals surface area contributed by atoms with E-state index in [1.807, 2.05) is 30.3 Å². The van der Waals surface area contributed by atoms with Crippen LogP contribution in [0.4, 0.5) is 0 Å². The van der Waals surface area contributed by atoms with E-state index in [9.17, 15) is 48.6 Å². The quantitative estimate of drug-likeness (QED) is 0.0370. The van der Waals surface area contributed by atoms with Crippen LogP contribution in [0.3, 0.4) is 0 Å². The van der Waals surface area contributed by atoms with E-state index >= 15 is 0 Å². The fourth-order valence-electron chi connectivity index (χ4n) is 10.4. The lowest BCUT2D eigenvalue weighted by atomic mass is 10.0. The summed E-state index contributed by atoms with van der Waals surface area (Å²) in [5.41, 5.74) is 13.1. The zero-order valence-corrected chi connectivity index (χ0v) is 41.5. The second-order valence-electron chi connectivity index (χ2n) is 19.5. The third-order valence-electron chi connectivity index (χ3n) is 14.2. The van der Waals surface area contributed by atoms with E-state index in [1.54, 1.807) is 42.5 Å². The topological polar surface area (TPSA) is 311 Å². The molecular formula is C53H69N11O10. The first-order valence-electron chi connectivity index (χ1n) is 25.7. The van der Waals surface area contributed by atoms with E-state index in [0.29, 0.717) is 43.4 Å². The van der Waals surface area contributed by atoms with Gasteiger partial charge in [-0.2, -0.15) is 0 Å². The first-order chi connectivity index (χ1) is 35.7. The summed E-state index contributed by atoms with van der Waals surface area (Å²) in [5, 5.41) is 34.6. The van der Waals surface area contributed by atoms with Crippen molar-refractivity contribution in [3.05, 3.63) is 102 Å². The second kappa shape index (κ2) is 25.9. The molecule has 0 saturated carbocycles. The lowest BCUT2D eigenvalue weighted by Crippen LogP contribution is -2.60. The summed E-state index contributed by atoms with van der Waals surface area (Å²) >= 11 is 0. The minimum absolute atomic E-state index is 0.00104. The molecule has 4 saturated heterocycles. The minimum Gasteiger partial charge on any atom is -0.508 e. The maximum absolute atomic E-state index is 14.9. The molecule has 3 aromatic carbocycles. The van der Waals surface area contributed by atoms with Gasteiger partial charge in [0.25, 0.3) is 0 Å². The fourth-order valence-corrected chi connectivity index (χ4v) is 10.4. The number of likely N-dealkylation sites (tertiary alicyclic amines) is 3. The van der Waals surface area contributed by atoms with E-state index in [-0.39, 0.29) is 95.2 Å². The number of phenols is 1. The minimum atomic E-state index is -1.23. The molecule has 11 N–H and O–H groups in total. The van der Waals surface area contributed by atoms with Crippen molar-refractivity contribution in [1.82, 2.24) is 41.3 Å². The Labute approximate surface area is 430 Å². The number of phenolic OH excluding ortho intramolecular Hbond substituents is 1. The second-order valence-corrected chi connectivity index (χ2v) is 19.5. The number of carbonyl (C=O) groups excluding carboxylic acids is 7. The molecule has 8 unspecified atom stereocenters. The van der Waals surface area contributed by atoms with Crippen LogP contribution in [-0.2, 0) is 57.6 Å². The maximum atomic E-state index is 14.9. The molecule has 3 aromatic rings. The summed E-state index contributed by atoms with van der Waals surface area (Å²) in [4.78, 5) is 121. The van der Waals surface area contributed by atoms with Crippen LogP contribution < -0.4 is 38.1 Å². The predicted molar refractivity (Wildman–Crippen MR) is 273 cm³/mol. The monoisotopic (exact) mass is 1020 g/mol. The largest absolute Gasteiger partial charge is 0.508 e. The number of nitrogens with one attached hydrogen (secondary N) is 5. The van der Waals surface area contributed by atoms with E-state index < -0.39 is 89.7 Å². The number of rotatable bonds is 22. The van der Waals surface area contributed by atoms with Gasteiger partial charge in [0.1, 0.15) is 48.0 Å². The number of nitrogens with zero attached hydrogens (tertiary/aromatic N) is 4. The molecule has 0 aliphatic carbocycles. The highest BCUT2D eigenvalue weighted by molar-refractivity contribution is 5.98. The number of hydrogen-bond acceptors (Lipinski definition) is 11. The van der Waals surface area contributed by atoms with Gasteiger partial charge < -0.3 is 63.0 Å². The van der Waals surface area contributed by atoms with E-state index in [1.165, 1.54) is 26.8 Å². The van der Waals surface area contributed by atoms with Crippen molar-refractivity contribution in [3.8, 4) is 5.75 Å². The summed E-state index contributed by atoms with van der Waals surface area (Å²) in [7, 11) is 0. The van der Waals surface area contributed by atoms with Gasteiger partial charge in [-0.1, -0.05) is 72.8 Å². The van der Waals surface area contributed by atoms with Crippen molar-refractivity contribution in [2.45, 2.75) is 132 Å². The van der Waals surface area contributed by atoms with Crippen LogP contribution in [0, 0.1) is 0 Å². The van der Waals surface area contributed by atoms with Gasteiger partial charge in [-0.25, -0.2) is 4.79 Å². The van der Waals surface area contributed by atoms with Crippen LogP contribution in [0.1, 0.15) is 80.9 Å². The summed E-state index contributed by atoms with van der Waals surface area (Å²) in [5.74, 6) is -5.10. The molecule has 8 atom stereocenters. The number of carboxylic acid groups (broad SMARTS) is 1. The number of amides is 7. The Morgan fingerprint density at radius 1 is 0.581 bits per heavy atom. The Hall–Kier alpha value is -7.55. The Morgan fingerprint density at radius 2 is 1.08 bits per heavy atom. The van der Waals surface area contributed by atoms with Crippen LogP contribution in [0.15, 0.2) is 89.9 Å². The standard InChI is InChI=1S/C53H69N11O10/c54-53(55)57-26-8-17-38(49(70)64-29-11-20-44(64)52(73)74)58-46(67)40(31-34-14-5-2-6-15-34)60-48(69)42-18-9-27-62(42)51(72)43-19-10-28-63(43)50(71)41(32-35-21-23-36(65)24-22-35)61-47(68)39(30-33-12-3-1-4-13-33)59-45(66)37-16-7-25-56-37/h1-6,12-15,21-24,37-44,56,65H,7-11,16-20,25-32H2,(H,58,67)(H,59,66)(H,60,69)(H,61,68)(H,73,74)(H4,54,55,57). The Kier molecular flexibility index (Phi) is 19.0. The maximum Gasteiger partial charge on any atom is 0.326 e. The highest BCUT2D eigenvalue weighted by atomic mass is 16.4. The summed E-state index contributed by atoms with van der Waals surface area (Å²) < 4.78 is 0. The molecule has 0 radical (unpaired) electrons. The van der Waals surface area contributed by atoms with Crippen LogP contribution in [-0.4, -0.2) is 159 Å². The molecule has 0 bridgehead atoms. The normalized spacial score (nSPS) is 20.9. The zero-order valence-electron chi connectivity index (χ0n) is 41.5. The third-order valence-corrected chi connectivity index (χ3v) is 14.2. The number of nitrogens with two attached hydrogens (primary N) is 2. The third kappa shape index (κ3) is 14.4. The first-order valence-corrected chi connectivity index (χ1v) is 25.7. The van der Waals surface area contributed by atoms with Crippen LogP contribution in [0.2, 0.25) is 0 Å².